The third-order valence-corrected chi connectivity index (χ3v) is 6.85. The van der Waals surface area contributed by atoms with E-state index in [0.717, 1.165) is 33.4 Å². The Morgan fingerprint density at radius 1 is 0.476 bits per heavy atom. The van der Waals surface area contributed by atoms with E-state index >= 15 is 0 Å². The van der Waals surface area contributed by atoms with Crippen LogP contribution in [-0.4, -0.2) is 80.1 Å². The molecule has 0 aromatic heterocycles. The SMILES string of the molecule is Cc1cccc(C(=O)O)c1C.Cc1cccc(C(=O)O)c1C.Cc1cccc(C(=O)O)c1C.OCC(CO)(CO)CO. The van der Waals surface area contributed by atoms with Gasteiger partial charge in [-0.05, 0) is 93.1 Å². The second kappa shape index (κ2) is 18.4. The Bertz CT molecular complexity index is 1160. The highest BCUT2D eigenvalue weighted by Gasteiger charge is 2.26. The van der Waals surface area contributed by atoms with Crippen molar-refractivity contribution in [2.75, 3.05) is 26.4 Å². The summed E-state index contributed by atoms with van der Waals surface area (Å²) in [7, 11) is 0. The molecule has 3 aromatic carbocycles. The van der Waals surface area contributed by atoms with Crippen molar-refractivity contribution in [3.63, 3.8) is 0 Å². The molecule has 0 spiro atoms. The summed E-state index contributed by atoms with van der Waals surface area (Å²) >= 11 is 0. The van der Waals surface area contributed by atoms with Crippen LogP contribution in [0.1, 0.15) is 64.5 Å². The Kier molecular flexibility index (Phi) is 16.6. The molecule has 3 aromatic rings. The van der Waals surface area contributed by atoms with Crippen LogP contribution < -0.4 is 0 Å². The number of carboxylic acids is 3. The number of hydrogen-bond donors (Lipinski definition) is 7. The Morgan fingerprint density at radius 2 is 0.690 bits per heavy atom. The van der Waals surface area contributed by atoms with Gasteiger partial charge in [-0.2, -0.15) is 0 Å². The molecular weight excluding hydrogens is 544 g/mol. The molecule has 0 aliphatic rings. The fourth-order valence-corrected chi connectivity index (χ4v) is 3.25. The van der Waals surface area contributed by atoms with Crippen LogP contribution in [0.3, 0.4) is 0 Å². The van der Waals surface area contributed by atoms with Gasteiger partial charge in [-0.1, -0.05) is 36.4 Å². The van der Waals surface area contributed by atoms with Crippen molar-refractivity contribution in [1.82, 2.24) is 0 Å². The molecule has 0 aliphatic carbocycles. The van der Waals surface area contributed by atoms with E-state index in [-0.39, 0.29) is 0 Å². The molecule has 42 heavy (non-hydrogen) atoms. The molecule has 0 heterocycles. The summed E-state index contributed by atoms with van der Waals surface area (Å²) in [5.74, 6) is -2.57. The van der Waals surface area contributed by atoms with Crippen molar-refractivity contribution < 1.29 is 50.1 Å². The monoisotopic (exact) mass is 586 g/mol. The van der Waals surface area contributed by atoms with Crippen LogP contribution in [0.5, 0.6) is 0 Å². The van der Waals surface area contributed by atoms with Gasteiger partial charge in [0.25, 0.3) is 0 Å². The highest BCUT2D eigenvalue weighted by atomic mass is 16.4. The van der Waals surface area contributed by atoms with Gasteiger partial charge in [0.1, 0.15) is 0 Å². The number of aliphatic hydroxyl groups is 4. The summed E-state index contributed by atoms with van der Waals surface area (Å²) in [5.41, 5.74) is 5.67. The molecule has 0 saturated carbocycles. The first-order valence-corrected chi connectivity index (χ1v) is 12.9. The number of aryl methyl sites for hydroxylation is 3. The van der Waals surface area contributed by atoms with Crippen molar-refractivity contribution in [1.29, 1.82) is 0 Å². The van der Waals surface area contributed by atoms with E-state index in [0.29, 0.717) is 16.7 Å². The molecule has 0 atom stereocenters. The van der Waals surface area contributed by atoms with E-state index in [1.165, 1.54) is 0 Å². The molecule has 10 heteroatoms. The van der Waals surface area contributed by atoms with Crippen LogP contribution in [0.4, 0.5) is 0 Å². The lowest BCUT2D eigenvalue weighted by Crippen LogP contribution is -2.37. The highest BCUT2D eigenvalue weighted by molar-refractivity contribution is 5.90. The molecule has 0 saturated heterocycles. The topological polar surface area (TPSA) is 193 Å². The van der Waals surface area contributed by atoms with Crippen LogP contribution in [0, 0.1) is 47.0 Å². The first-order valence-electron chi connectivity index (χ1n) is 12.9. The van der Waals surface area contributed by atoms with Crippen LogP contribution in [0.2, 0.25) is 0 Å². The number of carbonyl (C=O) groups is 3. The van der Waals surface area contributed by atoms with Crippen LogP contribution >= 0.6 is 0 Å². The van der Waals surface area contributed by atoms with Gasteiger partial charge in [-0.15, -0.1) is 0 Å². The van der Waals surface area contributed by atoms with Gasteiger partial charge in [0.2, 0.25) is 0 Å². The number of benzene rings is 3. The Balaban J connectivity index is 0.000000536. The third kappa shape index (κ3) is 11.4. The summed E-state index contributed by atoms with van der Waals surface area (Å²) in [6.45, 7) is 9.54. The minimum Gasteiger partial charge on any atom is -0.478 e. The first-order chi connectivity index (χ1) is 19.6. The molecule has 3 rings (SSSR count). The standard InChI is InChI=1S/3C9H10O2.C5H12O4/c3*1-6-4-3-5-8(7(6)2)9(10)11;6-1-5(2-7,3-8)4-9/h3*3-5H,1-2H3,(H,10,11);6-9H,1-4H2. The Morgan fingerprint density at radius 3 is 0.810 bits per heavy atom. The molecule has 0 aliphatic heterocycles. The highest BCUT2D eigenvalue weighted by Crippen LogP contribution is 2.14. The quantitative estimate of drug-likeness (QED) is 0.213. The summed E-state index contributed by atoms with van der Waals surface area (Å²) in [4.78, 5) is 31.7. The van der Waals surface area contributed by atoms with Crippen molar-refractivity contribution >= 4 is 17.9 Å². The summed E-state index contributed by atoms with van der Waals surface area (Å²) in [5, 5.41) is 60.1. The van der Waals surface area contributed by atoms with Crippen LogP contribution in [0.15, 0.2) is 54.6 Å². The Hall–Kier alpha value is -4.09. The number of hydrogen-bond acceptors (Lipinski definition) is 7. The van der Waals surface area contributed by atoms with Gasteiger partial charge in [0.05, 0.1) is 48.5 Å². The predicted molar refractivity (Wildman–Crippen MR) is 159 cm³/mol. The maximum absolute atomic E-state index is 10.6. The van der Waals surface area contributed by atoms with E-state index in [1.54, 1.807) is 36.4 Å². The van der Waals surface area contributed by atoms with Crippen molar-refractivity contribution in [3.05, 3.63) is 105 Å². The van der Waals surface area contributed by atoms with E-state index in [1.807, 2.05) is 59.7 Å². The zero-order valence-electron chi connectivity index (χ0n) is 24.9. The summed E-state index contributed by atoms with van der Waals surface area (Å²) < 4.78 is 0. The normalized spacial score (nSPS) is 10.1. The van der Waals surface area contributed by atoms with Crippen LogP contribution in [0.25, 0.3) is 0 Å². The van der Waals surface area contributed by atoms with E-state index in [4.69, 9.17) is 35.7 Å². The second-order valence-corrected chi connectivity index (χ2v) is 9.79. The molecule has 0 unspecified atom stereocenters. The van der Waals surface area contributed by atoms with Gasteiger partial charge < -0.3 is 35.7 Å². The van der Waals surface area contributed by atoms with Gasteiger partial charge in [0.15, 0.2) is 0 Å². The number of aromatic carboxylic acids is 3. The number of rotatable bonds is 7. The molecule has 0 amide bonds. The second-order valence-electron chi connectivity index (χ2n) is 9.79. The first kappa shape index (κ1) is 37.9. The number of carboxylic acid groups (broad SMARTS) is 3. The fraction of sp³-hybridized carbons (Fsp3) is 0.344. The molecular formula is C32H42O10. The van der Waals surface area contributed by atoms with E-state index < -0.39 is 49.8 Å². The maximum atomic E-state index is 10.6. The van der Waals surface area contributed by atoms with Gasteiger partial charge in [0, 0.05) is 0 Å². The molecule has 0 bridgehead atoms. The molecule has 10 nitrogen and oxygen atoms in total. The lowest BCUT2D eigenvalue weighted by molar-refractivity contribution is -0.0328. The maximum Gasteiger partial charge on any atom is 0.335 e. The third-order valence-electron chi connectivity index (χ3n) is 6.85. The predicted octanol–water partition coefficient (Wildman–Crippen LogP) is 3.95. The zero-order valence-corrected chi connectivity index (χ0v) is 24.9. The number of aliphatic hydroxyl groups excluding tert-OH is 4. The van der Waals surface area contributed by atoms with Crippen molar-refractivity contribution in [3.8, 4) is 0 Å². The minimum absolute atomic E-state index is 0.394. The van der Waals surface area contributed by atoms with Crippen molar-refractivity contribution in [2.24, 2.45) is 5.41 Å². The van der Waals surface area contributed by atoms with Gasteiger partial charge in [-0.25, -0.2) is 14.4 Å². The molecule has 230 valence electrons. The molecule has 7 N–H and O–H groups in total. The van der Waals surface area contributed by atoms with E-state index in [2.05, 4.69) is 0 Å². The minimum atomic E-state index is -1.11. The summed E-state index contributed by atoms with van der Waals surface area (Å²) in [6.07, 6.45) is 0. The van der Waals surface area contributed by atoms with Crippen LogP contribution in [-0.2, 0) is 0 Å². The fourth-order valence-electron chi connectivity index (χ4n) is 3.25. The molecule has 0 fully saturated rings. The van der Waals surface area contributed by atoms with Gasteiger partial charge in [-0.3, -0.25) is 0 Å². The lowest BCUT2D eigenvalue weighted by Gasteiger charge is -2.23. The Labute approximate surface area is 246 Å². The molecule has 0 radical (unpaired) electrons. The average molecular weight is 587 g/mol. The summed E-state index contributed by atoms with van der Waals surface area (Å²) in [6, 6.07) is 15.8. The lowest BCUT2D eigenvalue weighted by atomic mass is 9.93. The average Bonchev–Trinajstić information content (AvgIpc) is 2.95. The smallest absolute Gasteiger partial charge is 0.335 e. The zero-order chi connectivity index (χ0) is 32.6. The largest absolute Gasteiger partial charge is 0.478 e. The van der Waals surface area contributed by atoms with E-state index in [9.17, 15) is 14.4 Å². The van der Waals surface area contributed by atoms with Gasteiger partial charge >= 0.3 is 17.9 Å². The van der Waals surface area contributed by atoms with Crippen molar-refractivity contribution in [2.45, 2.75) is 41.5 Å².